The summed E-state index contributed by atoms with van der Waals surface area (Å²) in [4.78, 5) is 20.7. The molecule has 3 rings (SSSR count). The number of hydrogen-bond donors (Lipinski definition) is 0. The van der Waals surface area contributed by atoms with E-state index in [-0.39, 0.29) is 5.92 Å². The third-order valence-electron chi connectivity index (χ3n) is 4.79. The molecule has 4 nitrogen and oxygen atoms in total. The maximum atomic E-state index is 12.6. The zero-order chi connectivity index (χ0) is 17.8. The van der Waals surface area contributed by atoms with Gasteiger partial charge in [0.15, 0.2) is 0 Å². The molecule has 0 saturated heterocycles. The first-order chi connectivity index (χ1) is 12.2. The summed E-state index contributed by atoms with van der Waals surface area (Å²) in [6.07, 6.45) is 2.69. The number of fused-ring (bicyclic) bond motifs is 1. The van der Waals surface area contributed by atoms with E-state index in [2.05, 4.69) is 26.0 Å². The van der Waals surface area contributed by atoms with Gasteiger partial charge in [-0.25, -0.2) is 4.98 Å². The van der Waals surface area contributed by atoms with Gasteiger partial charge in [-0.2, -0.15) is 0 Å². The first-order valence-corrected chi connectivity index (χ1v) is 9.98. The van der Waals surface area contributed by atoms with E-state index in [1.54, 1.807) is 11.3 Å². The molecule has 5 heteroatoms. The molecule has 0 aliphatic carbocycles. The molecule has 2 heterocycles. The van der Waals surface area contributed by atoms with Gasteiger partial charge < -0.3 is 9.64 Å². The number of amides is 1. The third-order valence-corrected chi connectivity index (χ3v) is 5.92. The Morgan fingerprint density at radius 3 is 2.60 bits per heavy atom. The molecule has 0 radical (unpaired) electrons. The first-order valence-electron chi connectivity index (χ1n) is 9.16. The number of ether oxygens (including phenoxy) is 1. The number of hydrogen-bond acceptors (Lipinski definition) is 4. The van der Waals surface area contributed by atoms with E-state index in [1.165, 1.54) is 4.88 Å². The number of carbonyl (C=O) groups excluding carboxylic acids is 1. The number of aromatic nitrogens is 1. The van der Waals surface area contributed by atoms with Crippen molar-refractivity contribution in [2.24, 2.45) is 5.92 Å². The van der Waals surface area contributed by atoms with E-state index < -0.39 is 0 Å². The second-order valence-electron chi connectivity index (χ2n) is 6.37. The van der Waals surface area contributed by atoms with Crippen LogP contribution in [0.5, 0.6) is 5.75 Å². The Morgan fingerprint density at radius 1 is 1.24 bits per heavy atom. The highest BCUT2D eigenvalue weighted by Crippen LogP contribution is 2.33. The van der Waals surface area contributed by atoms with Crippen molar-refractivity contribution in [1.82, 2.24) is 9.88 Å². The van der Waals surface area contributed by atoms with E-state index >= 15 is 0 Å². The lowest BCUT2D eigenvalue weighted by Crippen LogP contribution is -2.39. The second-order valence-corrected chi connectivity index (χ2v) is 7.45. The molecule has 1 aromatic heterocycles. The van der Waals surface area contributed by atoms with Gasteiger partial charge in [-0.1, -0.05) is 13.8 Å². The first kappa shape index (κ1) is 17.9. The molecule has 1 aromatic carbocycles. The zero-order valence-corrected chi connectivity index (χ0v) is 16.1. The SMILES string of the molecule is CCOc1ccc(-c2nc3c(s2)CN(C(=O)C(CC)CC)CC3)cc1. The van der Waals surface area contributed by atoms with Crippen LogP contribution < -0.4 is 4.74 Å². The summed E-state index contributed by atoms with van der Waals surface area (Å²) < 4.78 is 5.50. The standard InChI is InChI=1S/C20H26N2O2S/c1-4-14(5-2)20(23)22-12-11-17-18(13-22)25-19(21-17)15-7-9-16(10-8-15)24-6-3/h7-10,14H,4-6,11-13H2,1-3H3. The van der Waals surface area contributed by atoms with Crippen molar-refractivity contribution in [2.45, 2.75) is 46.6 Å². The summed E-state index contributed by atoms with van der Waals surface area (Å²) in [6, 6.07) is 8.09. The predicted molar refractivity (Wildman–Crippen MR) is 102 cm³/mol. The van der Waals surface area contributed by atoms with Gasteiger partial charge in [-0.3, -0.25) is 4.79 Å². The van der Waals surface area contributed by atoms with Gasteiger partial charge in [-0.05, 0) is 44.0 Å². The Kier molecular flexibility index (Phi) is 5.74. The molecule has 25 heavy (non-hydrogen) atoms. The van der Waals surface area contributed by atoms with Gasteiger partial charge in [0.05, 0.1) is 18.8 Å². The molecule has 1 aliphatic rings. The van der Waals surface area contributed by atoms with E-state index in [4.69, 9.17) is 9.72 Å². The van der Waals surface area contributed by atoms with Crippen LogP contribution in [0.4, 0.5) is 0 Å². The van der Waals surface area contributed by atoms with Gasteiger partial charge >= 0.3 is 0 Å². The number of rotatable bonds is 6. The summed E-state index contributed by atoms with van der Waals surface area (Å²) in [6.45, 7) is 8.34. The molecular formula is C20H26N2O2S. The Balaban J connectivity index is 1.75. The van der Waals surface area contributed by atoms with Crippen molar-refractivity contribution in [3.05, 3.63) is 34.8 Å². The van der Waals surface area contributed by atoms with E-state index in [1.807, 2.05) is 24.0 Å². The van der Waals surface area contributed by atoms with Gasteiger partial charge in [0.25, 0.3) is 0 Å². The van der Waals surface area contributed by atoms with Gasteiger partial charge in [0.1, 0.15) is 10.8 Å². The number of thiazole rings is 1. The van der Waals surface area contributed by atoms with Crippen molar-refractivity contribution in [3.63, 3.8) is 0 Å². The van der Waals surface area contributed by atoms with E-state index in [9.17, 15) is 4.79 Å². The highest BCUT2D eigenvalue weighted by atomic mass is 32.1. The smallest absolute Gasteiger partial charge is 0.225 e. The Labute approximate surface area is 153 Å². The largest absolute Gasteiger partial charge is 0.494 e. The van der Waals surface area contributed by atoms with Crippen molar-refractivity contribution in [2.75, 3.05) is 13.2 Å². The molecule has 0 fully saturated rings. The second kappa shape index (κ2) is 8.00. The van der Waals surface area contributed by atoms with Crippen molar-refractivity contribution >= 4 is 17.2 Å². The molecule has 134 valence electrons. The average molecular weight is 359 g/mol. The summed E-state index contributed by atoms with van der Waals surface area (Å²) in [5, 5.41) is 1.03. The molecule has 0 N–H and O–H groups in total. The fourth-order valence-electron chi connectivity index (χ4n) is 3.26. The highest BCUT2D eigenvalue weighted by Gasteiger charge is 2.27. The molecule has 1 amide bonds. The number of benzene rings is 1. The molecule has 0 spiro atoms. The van der Waals surface area contributed by atoms with E-state index in [0.717, 1.165) is 47.8 Å². The van der Waals surface area contributed by atoms with Crippen LogP contribution in [-0.2, 0) is 17.8 Å². The average Bonchev–Trinajstić information content (AvgIpc) is 3.06. The topological polar surface area (TPSA) is 42.4 Å². The minimum absolute atomic E-state index is 0.153. The predicted octanol–water partition coefficient (Wildman–Crippen LogP) is 4.53. The van der Waals surface area contributed by atoms with Crippen molar-refractivity contribution < 1.29 is 9.53 Å². The molecule has 0 unspecified atom stereocenters. The van der Waals surface area contributed by atoms with Gasteiger partial charge in [0.2, 0.25) is 5.91 Å². The lowest BCUT2D eigenvalue weighted by Gasteiger charge is -2.29. The van der Waals surface area contributed by atoms with Crippen LogP contribution in [0.1, 0.15) is 44.2 Å². The van der Waals surface area contributed by atoms with Crippen molar-refractivity contribution in [1.29, 1.82) is 0 Å². The Bertz CT molecular complexity index is 720. The Hall–Kier alpha value is -1.88. The molecule has 1 aliphatic heterocycles. The minimum atomic E-state index is 0.153. The maximum Gasteiger partial charge on any atom is 0.225 e. The summed E-state index contributed by atoms with van der Waals surface area (Å²) in [7, 11) is 0. The Morgan fingerprint density at radius 2 is 1.96 bits per heavy atom. The molecule has 0 atom stereocenters. The van der Waals surface area contributed by atoms with Crippen molar-refractivity contribution in [3.8, 4) is 16.3 Å². The number of carbonyl (C=O) groups is 1. The van der Waals surface area contributed by atoms with Crippen LogP contribution in [0.3, 0.4) is 0 Å². The molecule has 0 bridgehead atoms. The highest BCUT2D eigenvalue weighted by molar-refractivity contribution is 7.15. The fraction of sp³-hybridized carbons (Fsp3) is 0.500. The normalized spacial score (nSPS) is 13.8. The van der Waals surface area contributed by atoms with Crippen LogP contribution in [0.15, 0.2) is 24.3 Å². The van der Waals surface area contributed by atoms with Gasteiger partial charge in [-0.15, -0.1) is 11.3 Å². The third kappa shape index (κ3) is 3.87. The van der Waals surface area contributed by atoms with E-state index in [0.29, 0.717) is 19.1 Å². The summed E-state index contributed by atoms with van der Waals surface area (Å²) >= 11 is 1.71. The fourth-order valence-corrected chi connectivity index (χ4v) is 4.39. The molecular weight excluding hydrogens is 332 g/mol. The lowest BCUT2D eigenvalue weighted by atomic mass is 10.0. The maximum absolute atomic E-state index is 12.6. The minimum Gasteiger partial charge on any atom is -0.494 e. The number of nitrogens with zero attached hydrogens (tertiary/aromatic N) is 2. The zero-order valence-electron chi connectivity index (χ0n) is 15.2. The van der Waals surface area contributed by atoms with Crippen LogP contribution in [0, 0.1) is 5.92 Å². The molecule has 0 saturated carbocycles. The molecule has 2 aromatic rings. The van der Waals surface area contributed by atoms with Crippen LogP contribution in [0.2, 0.25) is 0 Å². The lowest BCUT2D eigenvalue weighted by molar-refractivity contribution is -0.136. The van der Waals surface area contributed by atoms with Crippen LogP contribution in [-0.4, -0.2) is 28.9 Å². The van der Waals surface area contributed by atoms with Crippen LogP contribution in [0.25, 0.3) is 10.6 Å². The monoisotopic (exact) mass is 358 g/mol. The summed E-state index contributed by atoms with van der Waals surface area (Å²) in [5.74, 6) is 1.33. The summed E-state index contributed by atoms with van der Waals surface area (Å²) in [5.41, 5.74) is 2.27. The van der Waals surface area contributed by atoms with Gasteiger partial charge in [0, 0.05) is 29.3 Å². The quantitative estimate of drug-likeness (QED) is 0.762. The van der Waals surface area contributed by atoms with Crippen LogP contribution >= 0.6 is 11.3 Å².